The van der Waals surface area contributed by atoms with E-state index in [1.807, 2.05) is 0 Å². The van der Waals surface area contributed by atoms with Gasteiger partial charge in [0.05, 0.1) is 21.3 Å². The van der Waals surface area contributed by atoms with Crippen molar-refractivity contribution in [1.82, 2.24) is 0 Å². The van der Waals surface area contributed by atoms with Crippen LogP contribution in [-0.2, 0) is 4.79 Å². The molecule has 0 aliphatic heterocycles. The van der Waals surface area contributed by atoms with E-state index in [0.717, 1.165) is 0 Å². The van der Waals surface area contributed by atoms with Crippen molar-refractivity contribution in [2.45, 2.75) is 0 Å². The number of carbonyl (C=O) groups is 1. The fraction of sp³-hybridized carbons (Fsp3) is 0.231. The topological polar surface area (TPSA) is 94.6 Å². The zero-order chi connectivity index (χ0) is 14.4. The third-order valence-electron chi connectivity index (χ3n) is 2.42. The van der Waals surface area contributed by atoms with E-state index in [-0.39, 0.29) is 5.57 Å². The summed E-state index contributed by atoms with van der Waals surface area (Å²) in [6.07, 6.45) is 1.34. The van der Waals surface area contributed by atoms with Crippen molar-refractivity contribution in [1.29, 1.82) is 5.26 Å². The number of hydrogen-bond donors (Lipinski definition) is 1. The molecule has 0 saturated carbocycles. The van der Waals surface area contributed by atoms with Gasteiger partial charge in [-0.15, -0.1) is 0 Å². The Bertz CT molecular complexity index is 558. The molecule has 0 bridgehead atoms. The highest BCUT2D eigenvalue weighted by Crippen LogP contribution is 2.35. The largest absolute Gasteiger partial charge is 0.496 e. The Morgan fingerprint density at radius 3 is 2.11 bits per heavy atom. The zero-order valence-electron chi connectivity index (χ0n) is 10.9. The Labute approximate surface area is 111 Å². The van der Waals surface area contributed by atoms with Gasteiger partial charge in [-0.3, -0.25) is 4.79 Å². The highest BCUT2D eigenvalue weighted by molar-refractivity contribution is 6.01. The molecule has 0 unspecified atom stereocenters. The molecule has 19 heavy (non-hydrogen) atoms. The molecule has 0 fully saturated rings. The Hall–Kier alpha value is -2.68. The summed E-state index contributed by atoms with van der Waals surface area (Å²) in [6.45, 7) is 0. The maximum Gasteiger partial charge on any atom is 0.259 e. The van der Waals surface area contributed by atoms with Crippen molar-refractivity contribution in [3.8, 4) is 23.3 Å². The highest BCUT2D eigenvalue weighted by Gasteiger charge is 2.12. The SMILES string of the molecule is COc1cc(OC)c(OC)cc1C=C(C#N)C(N)=O. The lowest BCUT2D eigenvalue weighted by Gasteiger charge is -2.12. The summed E-state index contributed by atoms with van der Waals surface area (Å²) >= 11 is 0. The van der Waals surface area contributed by atoms with Gasteiger partial charge in [0, 0.05) is 11.6 Å². The first-order valence-corrected chi connectivity index (χ1v) is 5.29. The van der Waals surface area contributed by atoms with E-state index in [2.05, 4.69) is 0 Å². The van der Waals surface area contributed by atoms with Crippen LogP contribution in [0.1, 0.15) is 5.56 Å². The van der Waals surface area contributed by atoms with Crippen LogP contribution in [0.2, 0.25) is 0 Å². The van der Waals surface area contributed by atoms with Crippen molar-refractivity contribution in [2.75, 3.05) is 21.3 Å². The van der Waals surface area contributed by atoms with E-state index in [9.17, 15) is 4.79 Å². The molecule has 1 rings (SSSR count). The Balaban J connectivity index is 3.42. The third-order valence-corrected chi connectivity index (χ3v) is 2.42. The zero-order valence-corrected chi connectivity index (χ0v) is 10.9. The molecule has 0 aromatic heterocycles. The van der Waals surface area contributed by atoms with Gasteiger partial charge in [0.1, 0.15) is 17.4 Å². The van der Waals surface area contributed by atoms with Crippen molar-refractivity contribution >= 4 is 12.0 Å². The fourth-order valence-electron chi connectivity index (χ4n) is 1.48. The van der Waals surface area contributed by atoms with Crippen LogP contribution in [-0.4, -0.2) is 27.2 Å². The number of nitriles is 1. The summed E-state index contributed by atoms with van der Waals surface area (Å²) in [5.41, 5.74) is 5.41. The molecule has 1 amide bonds. The van der Waals surface area contributed by atoms with Crippen LogP contribution in [0.15, 0.2) is 17.7 Å². The molecule has 2 N–H and O–H groups in total. The van der Waals surface area contributed by atoms with Crippen LogP contribution in [0, 0.1) is 11.3 Å². The van der Waals surface area contributed by atoms with Gasteiger partial charge >= 0.3 is 0 Å². The van der Waals surface area contributed by atoms with Crippen molar-refractivity contribution in [2.24, 2.45) is 5.73 Å². The smallest absolute Gasteiger partial charge is 0.259 e. The predicted molar refractivity (Wildman–Crippen MR) is 68.9 cm³/mol. The van der Waals surface area contributed by atoms with Gasteiger partial charge in [-0.2, -0.15) is 5.26 Å². The van der Waals surface area contributed by atoms with Crippen molar-refractivity contribution in [3.63, 3.8) is 0 Å². The average Bonchev–Trinajstić information content (AvgIpc) is 2.43. The first-order chi connectivity index (χ1) is 9.07. The molecule has 1 aromatic rings. The lowest BCUT2D eigenvalue weighted by atomic mass is 10.1. The Kier molecular flexibility index (Phi) is 4.77. The number of nitrogens with zero attached hydrogens (tertiary/aromatic N) is 1. The van der Waals surface area contributed by atoms with Crippen LogP contribution >= 0.6 is 0 Å². The second-order valence-electron chi connectivity index (χ2n) is 3.48. The second kappa shape index (κ2) is 6.31. The minimum absolute atomic E-state index is 0.175. The van der Waals surface area contributed by atoms with Gasteiger partial charge in [0.15, 0.2) is 11.5 Å². The molecule has 1 aromatic carbocycles. The molecule has 0 aliphatic carbocycles. The molecule has 0 heterocycles. The Morgan fingerprint density at radius 1 is 1.16 bits per heavy atom. The summed E-state index contributed by atoms with van der Waals surface area (Å²) in [4.78, 5) is 11.0. The molecule has 6 heteroatoms. The van der Waals surface area contributed by atoms with Crippen molar-refractivity contribution < 1.29 is 19.0 Å². The number of primary amides is 1. The minimum Gasteiger partial charge on any atom is -0.496 e. The lowest BCUT2D eigenvalue weighted by Crippen LogP contribution is -2.12. The van der Waals surface area contributed by atoms with E-state index in [1.165, 1.54) is 27.4 Å². The third kappa shape index (κ3) is 3.16. The predicted octanol–water partition coefficient (Wildman–Crippen LogP) is 1.10. The van der Waals surface area contributed by atoms with Crippen LogP contribution in [0.4, 0.5) is 0 Å². The monoisotopic (exact) mass is 262 g/mol. The Morgan fingerprint density at radius 2 is 1.68 bits per heavy atom. The van der Waals surface area contributed by atoms with Crippen LogP contribution in [0.3, 0.4) is 0 Å². The first kappa shape index (κ1) is 14.4. The minimum atomic E-state index is -0.806. The molecular formula is C13H14N2O4. The van der Waals surface area contributed by atoms with Gasteiger partial charge in [-0.25, -0.2) is 0 Å². The molecule has 0 saturated heterocycles. The fourth-order valence-corrected chi connectivity index (χ4v) is 1.48. The summed E-state index contributed by atoms with van der Waals surface area (Å²) in [5, 5.41) is 8.83. The molecular weight excluding hydrogens is 248 g/mol. The average molecular weight is 262 g/mol. The van der Waals surface area contributed by atoms with E-state index >= 15 is 0 Å². The number of carbonyl (C=O) groups excluding carboxylic acids is 1. The number of hydrogen-bond acceptors (Lipinski definition) is 5. The number of amides is 1. The van der Waals surface area contributed by atoms with E-state index < -0.39 is 5.91 Å². The van der Waals surface area contributed by atoms with E-state index in [1.54, 1.807) is 18.2 Å². The molecule has 0 radical (unpaired) electrons. The van der Waals surface area contributed by atoms with E-state index in [0.29, 0.717) is 22.8 Å². The van der Waals surface area contributed by atoms with Gasteiger partial charge in [-0.05, 0) is 12.1 Å². The van der Waals surface area contributed by atoms with Gasteiger partial charge in [0.2, 0.25) is 0 Å². The van der Waals surface area contributed by atoms with Crippen LogP contribution in [0.5, 0.6) is 17.2 Å². The van der Waals surface area contributed by atoms with Crippen LogP contribution < -0.4 is 19.9 Å². The summed E-state index contributed by atoms with van der Waals surface area (Å²) < 4.78 is 15.4. The maximum absolute atomic E-state index is 11.0. The van der Waals surface area contributed by atoms with Gasteiger partial charge in [-0.1, -0.05) is 0 Å². The lowest BCUT2D eigenvalue weighted by molar-refractivity contribution is -0.114. The molecule has 6 nitrogen and oxygen atoms in total. The van der Waals surface area contributed by atoms with Crippen LogP contribution in [0.25, 0.3) is 6.08 Å². The summed E-state index contributed by atoms with van der Waals surface area (Å²) in [5.74, 6) is 0.566. The number of rotatable bonds is 5. The molecule has 100 valence electrons. The van der Waals surface area contributed by atoms with E-state index in [4.69, 9.17) is 25.2 Å². The molecule has 0 spiro atoms. The quantitative estimate of drug-likeness (QED) is 0.633. The van der Waals surface area contributed by atoms with Gasteiger partial charge in [0.25, 0.3) is 5.91 Å². The maximum atomic E-state index is 11.0. The van der Waals surface area contributed by atoms with Gasteiger partial charge < -0.3 is 19.9 Å². The summed E-state index contributed by atoms with van der Waals surface area (Å²) in [6, 6.07) is 4.92. The molecule has 0 atom stereocenters. The first-order valence-electron chi connectivity index (χ1n) is 5.29. The standard InChI is InChI=1S/C13H14N2O4/c1-17-10-6-12(19-3)11(18-2)5-8(10)4-9(7-14)13(15)16/h4-6H,1-3H3,(H2,15,16). The number of benzene rings is 1. The second-order valence-corrected chi connectivity index (χ2v) is 3.48. The number of nitrogens with two attached hydrogens (primary N) is 1. The number of ether oxygens (including phenoxy) is 3. The highest BCUT2D eigenvalue weighted by atomic mass is 16.5. The summed E-state index contributed by atoms with van der Waals surface area (Å²) in [7, 11) is 4.45. The number of methoxy groups -OCH3 is 3. The molecule has 0 aliphatic rings. The van der Waals surface area contributed by atoms with Crippen molar-refractivity contribution in [3.05, 3.63) is 23.3 Å². The normalized spacial score (nSPS) is 10.5.